The number of fused-ring (bicyclic) bond motifs is 1. The third kappa shape index (κ3) is 2.81. The molecule has 0 aliphatic carbocycles. The molecule has 0 bridgehead atoms. The summed E-state index contributed by atoms with van der Waals surface area (Å²) in [5.41, 5.74) is 3.73. The Hall–Kier alpha value is -2.20. The first-order chi connectivity index (χ1) is 10.1. The molecule has 0 saturated carbocycles. The number of rotatable bonds is 2. The van der Waals surface area contributed by atoms with Crippen molar-refractivity contribution in [2.75, 3.05) is 11.9 Å². The van der Waals surface area contributed by atoms with Crippen LogP contribution < -0.4 is 10.6 Å². The first-order valence-electron chi connectivity index (χ1n) is 7.04. The molecule has 0 radical (unpaired) electrons. The van der Waals surface area contributed by atoms with Crippen LogP contribution in [0.25, 0.3) is 0 Å². The second-order valence-corrected chi connectivity index (χ2v) is 5.30. The van der Waals surface area contributed by atoms with Crippen LogP contribution in [-0.2, 0) is 13.0 Å². The molecule has 3 rings (SSSR count). The number of hydrogen-bond donors (Lipinski definition) is 2. The van der Waals surface area contributed by atoms with Crippen LogP contribution >= 0.6 is 0 Å². The molecule has 108 valence electrons. The number of carbonyl (C=O) groups excluding carboxylic acids is 1. The third-order valence-electron chi connectivity index (χ3n) is 3.79. The molecule has 0 spiro atoms. The molecule has 1 aliphatic heterocycles. The van der Waals surface area contributed by atoms with Gasteiger partial charge >= 0.3 is 0 Å². The first-order valence-corrected chi connectivity index (χ1v) is 7.04. The zero-order valence-corrected chi connectivity index (χ0v) is 11.9. The van der Waals surface area contributed by atoms with Crippen LogP contribution in [0.3, 0.4) is 0 Å². The van der Waals surface area contributed by atoms with Crippen LogP contribution in [0.4, 0.5) is 10.1 Å². The standard InChI is InChI=1S/C17H17FN2O/c1-11-3-2-4-15(16(11)18)17(21)20-14-6-5-12-7-8-19-10-13(12)9-14/h2-6,9,19H,7-8,10H2,1H3,(H,20,21). The molecule has 0 fully saturated rings. The van der Waals surface area contributed by atoms with E-state index in [1.807, 2.05) is 18.2 Å². The second-order valence-electron chi connectivity index (χ2n) is 5.30. The molecular formula is C17H17FN2O. The summed E-state index contributed by atoms with van der Waals surface area (Å²) >= 11 is 0. The highest BCUT2D eigenvalue weighted by Crippen LogP contribution is 2.20. The highest BCUT2D eigenvalue weighted by atomic mass is 19.1. The number of halogens is 1. The van der Waals surface area contributed by atoms with E-state index in [1.54, 1.807) is 19.1 Å². The van der Waals surface area contributed by atoms with Crippen LogP contribution in [-0.4, -0.2) is 12.5 Å². The summed E-state index contributed by atoms with van der Waals surface area (Å²) in [7, 11) is 0. The van der Waals surface area contributed by atoms with Gasteiger partial charge in [0.2, 0.25) is 0 Å². The van der Waals surface area contributed by atoms with Gasteiger partial charge < -0.3 is 10.6 Å². The molecule has 0 saturated heterocycles. The summed E-state index contributed by atoms with van der Waals surface area (Å²) in [5, 5.41) is 6.07. The fourth-order valence-electron chi connectivity index (χ4n) is 2.58. The average Bonchev–Trinajstić information content (AvgIpc) is 2.50. The minimum Gasteiger partial charge on any atom is -0.322 e. The van der Waals surface area contributed by atoms with Crippen molar-refractivity contribution in [3.8, 4) is 0 Å². The number of hydrogen-bond acceptors (Lipinski definition) is 2. The molecule has 0 unspecified atom stereocenters. The van der Waals surface area contributed by atoms with Gasteiger partial charge in [-0.05, 0) is 54.8 Å². The molecule has 0 aromatic heterocycles. The van der Waals surface area contributed by atoms with Crippen LogP contribution in [0, 0.1) is 12.7 Å². The highest BCUT2D eigenvalue weighted by Gasteiger charge is 2.14. The van der Waals surface area contributed by atoms with Gasteiger partial charge in [0.25, 0.3) is 5.91 Å². The number of aryl methyl sites for hydroxylation is 1. The lowest BCUT2D eigenvalue weighted by Crippen LogP contribution is -2.24. The zero-order valence-electron chi connectivity index (χ0n) is 11.9. The van der Waals surface area contributed by atoms with Crippen molar-refractivity contribution >= 4 is 11.6 Å². The predicted octanol–water partition coefficient (Wildman–Crippen LogP) is 3.03. The first kappa shape index (κ1) is 13.8. The quantitative estimate of drug-likeness (QED) is 0.890. The van der Waals surface area contributed by atoms with E-state index in [1.165, 1.54) is 17.2 Å². The minimum atomic E-state index is -0.463. The van der Waals surface area contributed by atoms with Crippen molar-refractivity contribution in [3.63, 3.8) is 0 Å². The normalized spacial score (nSPS) is 13.6. The highest BCUT2D eigenvalue weighted by molar-refractivity contribution is 6.04. The Bertz CT molecular complexity index is 697. The molecule has 3 nitrogen and oxygen atoms in total. The molecule has 4 heteroatoms. The average molecular weight is 284 g/mol. The number of amides is 1. The summed E-state index contributed by atoms with van der Waals surface area (Å²) < 4.78 is 14.0. The van der Waals surface area contributed by atoms with Gasteiger partial charge in [0.05, 0.1) is 5.56 Å². The van der Waals surface area contributed by atoms with E-state index in [9.17, 15) is 9.18 Å². The topological polar surface area (TPSA) is 41.1 Å². The number of nitrogens with one attached hydrogen (secondary N) is 2. The smallest absolute Gasteiger partial charge is 0.258 e. The van der Waals surface area contributed by atoms with Crippen molar-refractivity contribution in [2.45, 2.75) is 19.9 Å². The fraction of sp³-hybridized carbons (Fsp3) is 0.235. The van der Waals surface area contributed by atoms with E-state index in [0.717, 1.165) is 19.5 Å². The summed E-state index contributed by atoms with van der Waals surface area (Å²) in [6, 6.07) is 10.7. The van der Waals surface area contributed by atoms with Gasteiger partial charge in [-0.25, -0.2) is 4.39 Å². The van der Waals surface area contributed by atoms with Gasteiger partial charge in [0, 0.05) is 12.2 Å². The maximum atomic E-state index is 14.0. The van der Waals surface area contributed by atoms with E-state index in [2.05, 4.69) is 10.6 Å². The van der Waals surface area contributed by atoms with Crippen LogP contribution in [0.2, 0.25) is 0 Å². The van der Waals surface area contributed by atoms with E-state index in [0.29, 0.717) is 11.3 Å². The summed E-state index contributed by atoms with van der Waals surface area (Å²) in [5.74, 6) is -0.880. The van der Waals surface area contributed by atoms with Crippen molar-refractivity contribution in [1.82, 2.24) is 5.32 Å². The fourth-order valence-corrected chi connectivity index (χ4v) is 2.58. The molecule has 21 heavy (non-hydrogen) atoms. The van der Waals surface area contributed by atoms with Gasteiger partial charge in [0.1, 0.15) is 5.82 Å². The van der Waals surface area contributed by atoms with Crippen LogP contribution in [0.15, 0.2) is 36.4 Å². The molecule has 1 heterocycles. The Balaban J connectivity index is 1.83. The number of carbonyl (C=O) groups is 1. The van der Waals surface area contributed by atoms with E-state index in [4.69, 9.17) is 0 Å². The summed E-state index contributed by atoms with van der Waals surface area (Å²) in [4.78, 5) is 12.2. The zero-order chi connectivity index (χ0) is 14.8. The minimum absolute atomic E-state index is 0.0749. The number of anilines is 1. The van der Waals surface area contributed by atoms with Gasteiger partial charge in [-0.2, -0.15) is 0 Å². The summed E-state index contributed by atoms with van der Waals surface area (Å²) in [6.45, 7) is 3.43. The molecule has 2 aromatic carbocycles. The lowest BCUT2D eigenvalue weighted by molar-refractivity contribution is 0.102. The maximum Gasteiger partial charge on any atom is 0.258 e. The SMILES string of the molecule is Cc1cccc(C(=O)Nc2ccc3c(c2)CNCC3)c1F. The Kier molecular flexibility index (Phi) is 3.71. The number of benzene rings is 2. The van der Waals surface area contributed by atoms with Crippen LogP contribution in [0.5, 0.6) is 0 Å². The molecule has 2 N–H and O–H groups in total. The Labute approximate surface area is 123 Å². The Morgan fingerprint density at radius 1 is 1.24 bits per heavy atom. The summed E-state index contributed by atoms with van der Waals surface area (Å²) in [6.07, 6.45) is 0.996. The van der Waals surface area contributed by atoms with Crippen molar-refractivity contribution in [1.29, 1.82) is 0 Å². The molecule has 1 amide bonds. The van der Waals surface area contributed by atoms with E-state index >= 15 is 0 Å². The van der Waals surface area contributed by atoms with E-state index < -0.39 is 11.7 Å². The Morgan fingerprint density at radius 2 is 2.10 bits per heavy atom. The predicted molar refractivity (Wildman–Crippen MR) is 80.9 cm³/mol. The van der Waals surface area contributed by atoms with Crippen molar-refractivity contribution < 1.29 is 9.18 Å². The molecule has 2 aromatic rings. The van der Waals surface area contributed by atoms with Crippen molar-refractivity contribution in [2.24, 2.45) is 0 Å². The lowest BCUT2D eigenvalue weighted by atomic mass is 10.0. The second kappa shape index (κ2) is 5.66. The monoisotopic (exact) mass is 284 g/mol. The third-order valence-corrected chi connectivity index (χ3v) is 3.79. The lowest BCUT2D eigenvalue weighted by Gasteiger charge is -2.18. The van der Waals surface area contributed by atoms with Gasteiger partial charge in [-0.3, -0.25) is 4.79 Å². The molecule has 1 aliphatic rings. The Morgan fingerprint density at radius 3 is 2.95 bits per heavy atom. The van der Waals surface area contributed by atoms with Crippen molar-refractivity contribution in [3.05, 3.63) is 64.5 Å². The largest absolute Gasteiger partial charge is 0.322 e. The van der Waals surface area contributed by atoms with Crippen LogP contribution in [0.1, 0.15) is 27.0 Å². The molecule has 0 atom stereocenters. The van der Waals surface area contributed by atoms with Gasteiger partial charge in [-0.15, -0.1) is 0 Å². The van der Waals surface area contributed by atoms with Gasteiger partial charge in [-0.1, -0.05) is 18.2 Å². The van der Waals surface area contributed by atoms with E-state index in [-0.39, 0.29) is 5.56 Å². The maximum absolute atomic E-state index is 14.0. The van der Waals surface area contributed by atoms with Gasteiger partial charge in [0.15, 0.2) is 0 Å². The molecular weight excluding hydrogens is 267 g/mol.